The van der Waals surface area contributed by atoms with Crippen molar-refractivity contribution >= 4 is 28.4 Å². The van der Waals surface area contributed by atoms with Crippen LogP contribution in [0.1, 0.15) is 11.1 Å². The number of nitrogens with zero attached hydrogens (tertiary/aromatic N) is 3. The Morgan fingerprint density at radius 2 is 1.76 bits per heavy atom. The monoisotopic (exact) mass is 473 g/mol. The molecule has 0 saturated carbocycles. The number of ether oxygens (including phenoxy) is 1. The minimum Gasteiger partial charge on any atom is -0.456 e. The van der Waals surface area contributed by atoms with Gasteiger partial charge in [-0.1, -0.05) is 6.07 Å². The number of benzene rings is 2. The van der Waals surface area contributed by atoms with Gasteiger partial charge in [0.15, 0.2) is 5.65 Å². The highest BCUT2D eigenvalue weighted by Gasteiger charge is 2.33. The van der Waals surface area contributed by atoms with Crippen LogP contribution in [0.2, 0.25) is 0 Å². The fourth-order valence-corrected chi connectivity index (χ4v) is 3.38. The molecule has 0 spiro atoms. The first-order chi connectivity index (χ1) is 16.2. The number of aromatic nitrogens is 3. The highest BCUT2D eigenvalue weighted by molar-refractivity contribution is 5.99. The Hall–Kier alpha value is -4.15. The zero-order chi connectivity index (χ0) is 24.3. The van der Waals surface area contributed by atoms with Gasteiger partial charge in [0.25, 0.3) is 0 Å². The number of pyridine rings is 1. The molecule has 11 heteroatoms. The number of hydrogen-bond donors (Lipinski definition) is 2. The summed E-state index contributed by atoms with van der Waals surface area (Å²) in [6.45, 7) is -0.912. The second-order valence-corrected chi connectivity index (χ2v) is 7.33. The van der Waals surface area contributed by atoms with Crippen LogP contribution in [0.4, 0.5) is 33.7 Å². The molecular formula is C23H19F4N5O2. The van der Waals surface area contributed by atoms with Gasteiger partial charge in [0, 0.05) is 31.0 Å². The molecule has 0 fully saturated rings. The van der Waals surface area contributed by atoms with Crippen molar-refractivity contribution in [1.82, 2.24) is 14.8 Å². The van der Waals surface area contributed by atoms with E-state index in [1.807, 2.05) is 0 Å². The molecule has 4 rings (SSSR count). The van der Waals surface area contributed by atoms with E-state index < -0.39 is 24.4 Å². The summed E-state index contributed by atoms with van der Waals surface area (Å²) in [5.74, 6) is 1.06. The quantitative estimate of drug-likeness (QED) is 0.340. The fourth-order valence-electron chi connectivity index (χ4n) is 3.38. The smallest absolute Gasteiger partial charge is 0.416 e. The molecule has 0 aliphatic carbocycles. The third kappa shape index (κ3) is 5.08. The summed E-state index contributed by atoms with van der Waals surface area (Å²) in [6.07, 6.45) is -1.77. The first-order valence-electron chi connectivity index (χ1n) is 10.1. The topological polar surface area (TPSA) is 81.1 Å². The molecule has 2 aromatic heterocycles. The average molecular weight is 473 g/mol. The zero-order valence-electron chi connectivity index (χ0n) is 17.9. The Kier molecular flexibility index (Phi) is 6.35. The third-order valence-electron chi connectivity index (χ3n) is 4.97. The van der Waals surface area contributed by atoms with Crippen molar-refractivity contribution in [2.45, 2.75) is 12.6 Å². The molecule has 2 aromatic carbocycles. The van der Waals surface area contributed by atoms with Gasteiger partial charge in [-0.3, -0.25) is 9.07 Å². The zero-order valence-corrected chi connectivity index (χ0v) is 17.9. The number of alkyl halides is 4. The van der Waals surface area contributed by atoms with Crippen LogP contribution < -0.4 is 15.4 Å². The van der Waals surface area contributed by atoms with E-state index in [4.69, 9.17) is 4.74 Å². The van der Waals surface area contributed by atoms with E-state index >= 15 is 0 Å². The van der Waals surface area contributed by atoms with E-state index in [1.54, 1.807) is 54.5 Å². The number of carbonyl (C=O) groups is 1. The number of aryl methyl sites for hydroxylation is 2. The lowest BCUT2D eigenvalue weighted by Crippen LogP contribution is -2.20. The summed E-state index contributed by atoms with van der Waals surface area (Å²) in [5, 5.41) is 9.79. The van der Waals surface area contributed by atoms with Crippen LogP contribution in [0, 0.1) is 0 Å². The summed E-state index contributed by atoms with van der Waals surface area (Å²) >= 11 is 0. The number of nitrogens with one attached hydrogen (secondary N) is 2. The molecule has 0 atom stereocenters. The number of anilines is 2. The lowest BCUT2D eigenvalue weighted by Gasteiger charge is -2.15. The van der Waals surface area contributed by atoms with Crippen molar-refractivity contribution in [3.05, 3.63) is 72.1 Å². The lowest BCUT2D eigenvalue weighted by molar-refractivity contribution is -0.138. The van der Waals surface area contributed by atoms with Crippen LogP contribution in [0.3, 0.4) is 0 Å². The van der Waals surface area contributed by atoms with Gasteiger partial charge in [0.05, 0.1) is 23.8 Å². The Morgan fingerprint density at radius 3 is 2.47 bits per heavy atom. The van der Waals surface area contributed by atoms with E-state index in [0.717, 1.165) is 17.5 Å². The molecule has 176 valence electrons. The van der Waals surface area contributed by atoms with Gasteiger partial charge in [0.2, 0.25) is 0 Å². The van der Waals surface area contributed by atoms with Crippen LogP contribution in [0.25, 0.3) is 11.0 Å². The highest BCUT2D eigenvalue weighted by atomic mass is 19.4. The van der Waals surface area contributed by atoms with E-state index in [9.17, 15) is 22.4 Å². The molecule has 2 N–H and O–H groups in total. The highest BCUT2D eigenvalue weighted by Crippen LogP contribution is 2.34. The maximum absolute atomic E-state index is 13.2. The Bertz CT molecular complexity index is 1320. The lowest BCUT2D eigenvalue weighted by atomic mass is 10.0. The van der Waals surface area contributed by atoms with Crippen LogP contribution in [0.5, 0.6) is 11.5 Å². The molecule has 2 amide bonds. The summed E-state index contributed by atoms with van der Waals surface area (Å²) in [5.41, 5.74) is -0.154. The number of halogens is 4. The Balaban J connectivity index is 1.42. The van der Waals surface area contributed by atoms with Crippen LogP contribution >= 0.6 is 0 Å². The molecule has 4 aromatic rings. The molecule has 0 aliphatic heterocycles. The van der Waals surface area contributed by atoms with Gasteiger partial charge in [-0.15, -0.1) is 0 Å². The molecule has 2 heterocycles. The number of hydrogen-bond acceptors (Lipinski definition) is 4. The summed E-state index contributed by atoms with van der Waals surface area (Å²) in [6, 6.07) is 10.6. The van der Waals surface area contributed by atoms with Gasteiger partial charge >= 0.3 is 12.2 Å². The minimum atomic E-state index is -4.66. The minimum absolute atomic E-state index is 0.0643. The number of carbonyl (C=O) groups excluding carboxylic acids is 1. The van der Waals surface area contributed by atoms with Crippen molar-refractivity contribution in [2.24, 2.45) is 7.05 Å². The largest absolute Gasteiger partial charge is 0.456 e. The summed E-state index contributed by atoms with van der Waals surface area (Å²) < 4.78 is 59.8. The molecular weight excluding hydrogens is 454 g/mol. The SMILES string of the molecule is Cn1ncc2c(Oc3ccc(NC(=O)Nc4ccc(CCF)c(C(F)(F)F)c4)cc3)ccnc21. The number of amides is 2. The van der Waals surface area contributed by atoms with E-state index in [0.29, 0.717) is 22.8 Å². The van der Waals surface area contributed by atoms with Crippen LogP contribution in [-0.4, -0.2) is 27.5 Å². The predicted octanol–water partition coefficient (Wildman–Crippen LogP) is 5.94. The van der Waals surface area contributed by atoms with Crippen molar-refractivity contribution < 1.29 is 27.1 Å². The Labute approximate surface area is 191 Å². The van der Waals surface area contributed by atoms with Crippen molar-refractivity contribution in [3.63, 3.8) is 0 Å². The molecule has 0 radical (unpaired) electrons. The molecule has 0 aliphatic rings. The van der Waals surface area contributed by atoms with Crippen LogP contribution in [-0.2, 0) is 19.6 Å². The number of urea groups is 1. The molecule has 7 nitrogen and oxygen atoms in total. The second kappa shape index (κ2) is 9.38. The third-order valence-corrected chi connectivity index (χ3v) is 4.97. The van der Waals surface area contributed by atoms with E-state index in [1.165, 1.54) is 6.07 Å². The van der Waals surface area contributed by atoms with E-state index in [-0.39, 0.29) is 17.7 Å². The second-order valence-electron chi connectivity index (χ2n) is 7.33. The molecule has 34 heavy (non-hydrogen) atoms. The normalized spacial score (nSPS) is 11.4. The van der Waals surface area contributed by atoms with Gasteiger partial charge in [-0.25, -0.2) is 9.78 Å². The summed E-state index contributed by atoms with van der Waals surface area (Å²) in [4.78, 5) is 16.5. The average Bonchev–Trinajstić information content (AvgIpc) is 3.17. The van der Waals surface area contributed by atoms with E-state index in [2.05, 4.69) is 20.7 Å². The maximum atomic E-state index is 13.2. The fraction of sp³-hybridized carbons (Fsp3) is 0.174. The standard InChI is InChI=1S/C23H19F4N5O2/c1-32-21-18(13-29-32)20(9-11-28-21)34-17-6-4-15(5-7-17)30-22(33)31-16-3-2-14(8-10-24)19(12-16)23(25,26)27/h2-7,9,11-13H,8,10H2,1H3,(H2,30,31,33). The number of rotatable bonds is 6. The van der Waals surface area contributed by atoms with Crippen molar-refractivity contribution in [1.29, 1.82) is 0 Å². The number of fused-ring (bicyclic) bond motifs is 1. The Morgan fingerprint density at radius 1 is 1.06 bits per heavy atom. The first kappa shape index (κ1) is 23.0. The van der Waals surface area contributed by atoms with Gasteiger partial charge in [-0.05, 0) is 48.0 Å². The van der Waals surface area contributed by atoms with Gasteiger partial charge < -0.3 is 15.4 Å². The summed E-state index contributed by atoms with van der Waals surface area (Å²) in [7, 11) is 1.77. The molecule has 0 saturated heterocycles. The first-order valence-corrected chi connectivity index (χ1v) is 10.1. The van der Waals surface area contributed by atoms with Crippen LogP contribution in [0.15, 0.2) is 60.9 Å². The van der Waals surface area contributed by atoms with Crippen molar-refractivity contribution in [3.8, 4) is 11.5 Å². The van der Waals surface area contributed by atoms with Crippen molar-refractivity contribution in [2.75, 3.05) is 17.3 Å². The maximum Gasteiger partial charge on any atom is 0.416 e. The molecule has 0 unspecified atom stereocenters. The van der Waals surface area contributed by atoms with Gasteiger partial charge in [-0.2, -0.15) is 18.3 Å². The molecule has 0 bridgehead atoms. The predicted molar refractivity (Wildman–Crippen MR) is 119 cm³/mol. The van der Waals surface area contributed by atoms with Gasteiger partial charge in [0.1, 0.15) is 11.5 Å².